The first-order valence-corrected chi connectivity index (χ1v) is 7.92. The molecule has 0 saturated carbocycles. The van der Waals surface area contributed by atoms with Gasteiger partial charge in [0.05, 0.1) is 12.5 Å². The highest BCUT2D eigenvalue weighted by Gasteiger charge is 2.11. The first-order valence-electron chi connectivity index (χ1n) is 7.92. The highest BCUT2D eigenvalue weighted by molar-refractivity contribution is 5.91. The smallest absolute Gasteiger partial charge is 0.227 e. The Morgan fingerprint density at radius 3 is 2.64 bits per heavy atom. The third-order valence-corrected chi connectivity index (χ3v) is 3.78. The average molecular weight is 365 g/mol. The van der Waals surface area contributed by atoms with Crippen molar-refractivity contribution in [3.8, 4) is 5.75 Å². The van der Waals surface area contributed by atoms with Crippen LogP contribution in [-0.2, 0) is 16.1 Å². The highest BCUT2D eigenvalue weighted by atomic mass is 35.5. The topological polar surface area (TPSA) is 73.6 Å². The maximum Gasteiger partial charge on any atom is 0.227 e. The number of aryl methyl sites for hydroxylation is 1. The molecule has 2 aromatic carbocycles. The molecule has 2 aromatic rings. The summed E-state index contributed by atoms with van der Waals surface area (Å²) < 4.78 is 10.9. The molecule has 0 radical (unpaired) electrons. The van der Waals surface area contributed by atoms with Gasteiger partial charge in [-0.1, -0.05) is 30.3 Å². The van der Waals surface area contributed by atoms with Gasteiger partial charge in [-0.15, -0.1) is 12.4 Å². The van der Waals surface area contributed by atoms with Gasteiger partial charge in [0.25, 0.3) is 0 Å². The van der Waals surface area contributed by atoms with Crippen molar-refractivity contribution in [2.24, 2.45) is 5.73 Å². The van der Waals surface area contributed by atoms with Crippen LogP contribution in [0.25, 0.3) is 0 Å². The van der Waals surface area contributed by atoms with Crippen molar-refractivity contribution >= 4 is 24.0 Å². The van der Waals surface area contributed by atoms with Gasteiger partial charge < -0.3 is 20.5 Å². The zero-order chi connectivity index (χ0) is 17.4. The van der Waals surface area contributed by atoms with E-state index >= 15 is 0 Å². The fraction of sp³-hybridized carbons (Fsp3) is 0.316. The molecule has 0 heterocycles. The van der Waals surface area contributed by atoms with Crippen LogP contribution in [0, 0.1) is 6.92 Å². The lowest BCUT2D eigenvalue weighted by Crippen LogP contribution is -2.28. The van der Waals surface area contributed by atoms with E-state index in [1.54, 1.807) is 13.2 Å². The van der Waals surface area contributed by atoms with Crippen LogP contribution in [0.4, 0.5) is 5.69 Å². The minimum atomic E-state index is -0.273. The summed E-state index contributed by atoms with van der Waals surface area (Å²) in [4.78, 5) is 12.0. The fourth-order valence-corrected chi connectivity index (χ4v) is 2.28. The Labute approximate surface area is 154 Å². The molecule has 2 rings (SSSR count). The van der Waals surface area contributed by atoms with Crippen LogP contribution in [0.15, 0.2) is 48.5 Å². The summed E-state index contributed by atoms with van der Waals surface area (Å²) in [5, 5.41) is 2.84. The molecular formula is C19H25ClN2O3. The van der Waals surface area contributed by atoms with Crippen molar-refractivity contribution in [3.63, 3.8) is 0 Å². The number of carbonyl (C=O) groups excluding carboxylic acids is 1. The zero-order valence-corrected chi connectivity index (χ0v) is 15.3. The molecule has 0 aromatic heterocycles. The number of nitrogens with two attached hydrogens (primary N) is 1. The van der Waals surface area contributed by atoms with Crippen molar-refractivity contribution in [3.05, 3.63) is 59.7 Å². The standard InChI is InChI=1S/C19H24N2O3.ClH/c1-14-6-3-4-7-15(14)13-24-17-9-5-8-16(10-17)21-19(22)11-18(12-20)23-2;/h3-10,18H,11-13,20H2,1-2H3,(H,21,22);1H. The fourth-order valence-electron chi connectivity index (χ4n) is 2.28. The van der Waals surface area contributed by atoms with Crippen molar-refractivity contribution < 1.29 is 14.3 Å². The molecule has 1 amide bonds. The Morgan fingerprint density at radius 1 is 1.20 bits per heavy atom. The summed E-state index contributed by atoms with van der Waals surface area (Å²) in [6.07, 6.45) is -0.0492. The molecule has 3 N–H and O–H groups in total. The maximum atomic E-state index is 12.0. The van der Waals surface area contributed by atoms with E-state index in [1.165, 1.54) is 5.56 Å². The van der Waals surface area contributed by atoms with E-state index in [2.05, 4.69) is 18.3 Å². The van der Waals surface area contributed by atoms with E-state index in [4.69, 9.17) is 15.2 Å². The van der Waals surface area contributed by atoms with E-state index in [0.717, 1.165) is 5.56 Å². The first-order chi connectivity index (χ1) is 11.6. The molecule has 136 valence electrons. The highest BCUT2D eigenvalue weighted by Crippen LogP contribution is 2.19. The predicted octanol–water partition coefficient (Wildman–Crippen LogP) is 3.30. The lowest BCUT2D eigenvalue weighted by molar-refractivity contribution is -0.118. The Hall–Kier alpha value is -2.08. The quantitative estimate of drug-likeness (QED) is 0.753. The van der Waals surface area contributed by atoms with Gasteiger partial charge in [-0.05, 0) is 30.2 Å². The minimum absolute atomic E-state index is 0. The molecule has 0 fully saturated rings. The van der Waals surface area contributed by atoms with Crippen molar-refractivity contribution in [1.82, 2.24) is 0 Å². The molecule has 1 unspecified atom stereocenters. The molecule has 1 atom stereocenters. The lowest BCUT2D eigenvalue weighted by atomic mass is 10.1. The van der Waals surface area contributed by atoms with Crippen LogP contribution in [0.3, 0.4) is 0 Å². The van der Waals surface area contributed by atoms with Gasteiger partial charge in [-0.3, -0.25) is 4.79 Å². The number of anilines is 1. The summed E-state index contributed by atoms with van der Waals surface area (Å²) in [5.74, 6) is 0.571. The molecule has 0 spiro atoms. The number of methoxy groups -OCH3 is 1. The predicted molar refractivity (Wildman–Crippen MR) is 102 cm³/mol. The summed E-state index contributed by atoms with van der Waals surface area (Å²) in [6.45, 7) is 2.85. The lowest BCUT2D eigenvalue weighted by Gasteiger charge is -2.13. The van der Waals surface area contributed by atoms with Crippen molar-refractivity contribution in [2.45, 2.75) is 26.1 Å². The van der Waals surface area contributed by atoms with E-state index < -0.39 is 0 Å². The van der Waals surface area contributed by atoms with Crippen LogP contribution in [-0.4, -0.2) is 25.7 Å². The molecule has 25 heavy (non-hydrogen) atoms. The van der Waals surface area contributed by atoms with Crippen LogP contribution >= 0.6 is 12.4 Å². The summed E-state index contributed by atoms with van der Waals surface area (Å²) in [6, 6.07) is 15.4. The summed E-state index contributed by atoms with van der Waals surface area (Å²) in [7, 11) is 1.55. The molecule has 0 aliphatic heterocycles. The van der Waals surface area contributed by atoms with E-state index in [9.17, 15) is 4.79 Å². The number of nitrogens with one attached hydrogen (secondary N) is 1. The Kier molecular flexibility index (Phi) is 8.99. The van der Waals surface area contributed by atoms with Crippen LogP contribution < -0.4 is 15.8 Å². The van der Waals surface area contributed by atoms with Gasteiger partial charge in [0.1, 0.15) is 12.4 Å². The van der Waals surface area contributed by atoms with Gasteiger partial charge in [-0.2, -0.15) is 0 Å². The van der Waals surface area contributed by atoms with Crippen molar-refractivity contribution in [1.29, 1.82) is 0 Å². The average Bonchev–Trinajstić information content (AvgIpc) is 2.59. The molecule has 0 saturated heterocycles. The number of amides is 1. The van der Waals surface area contributed by atoms with Crippen LogP contribution in [0.2, 0.25) is 0 Å². The van der Waals surface area contributed by atoms with E-state index in [-0.39, 0.29) is 30.8 Å². The number of ether oxygens (including phenoxy) is 2. The van der Waals surface area contributed by atoms with E-state index in [0.29, 0.717) is 24.6 Å². The Bertz CT molecular complexity index is 675. The van der Waals surface area contributed by atoms with Gasteiger partial charge in [0, 0.05) is 25.4 Å². The number of benzene rings is 2. The third-order valence-electron chi connectivity index (χ3n) is 3.78. The van der Waals surface area contributed by atoms with Gasteiger partial charge in [0.15, 0.2) is 0 Å². The monoisotopic (exact) mass is 364 g/mol. The van der Waals surface area contributed by atoms with Crippen LogP contribution in [0.5, 0.6) is 5.75 Å². The Balaban J connectivity index is 0.00000312. The summed E-state index contributed by atoms with van der Waals surface area (Å²) in [5.41, 5.74) is 8.55. The molecule has 0 aliphatic rings. The third kappa shape index (κ3) is 6.74. The van der Waals surface area contributed by atoms with E-state index in [1.807, 2.05) is 36.4 Å². The molecule has 5 nitrogen and oxygen atoms in total. The number of hydrogen-bond acceptors (Lipinski definition) is 4. The molecule has 0 aliphatic carbocycles. The van der Waals surface area contributed by atoms with Gasteiger partial charge in [0.2, 0.25) is 5.91 Å². The number of halogens is 1. The van der Waals surface area contributed by atoms with Gasteiger partial charge >= 0.3 is 0 Å². The minimum Gasteiger partial charge on any atom is -0.489 e. The Morgan fingerprint density at radius 2 is 1.96 bits per heavy atom. The second-order valence-electron chi connectivity index (χ2n) is 5.59. The molecule has 0 bridgehead atoms. The van der Waals surface area contributed by atoms with Gasteiger partial charge in [-0.25, -0.2) is 0 Å². The van der Waals surface area contributed by atoms with Crippen molar-refractivity contribution in [2.75, 3.05) is 19.0 Å². The molecule has 6 heteroatoms. The van der Waals surface area contributed by atoms with Crippen LogP contribution in [0.1, 0.15) is 17.5 Å². The number of carbonyl (C=O) groups is 1. The summed E-state index contributed by atoms with van der Waals surface area (Å²) >= 11 is 0. The maximum absolute atomic E-state index is 12.0. The normalized spacial score (nSPS) is 11.3. The zero-order valence-electron chi connectivity index (χ0n) is 14.5. The second kappa shape index (κ2) is 10.7. The number of hydrogen-bond donors (Lipinski definition) is 2. The largest absolute Gasteiger partial charge is 0.489 e. The second-order valence-corrected chi connectivity index (χ2v) is 5.59. The molecular weight excluding hydrogens is 340 g/mol. The first kappa shape index (κ1) is 21.0. The SMILES string of the molecule is COC(CN)CC(=O)Nc1cccc(OCc2ccccc2C)c1.Cl. The number of rotatable bonds is 8.